The molecule has 19 heavy (non-hydrogen) atoms. The van der Waals surface area contributed by atoms with E-state index in [2.05, 4.69) is 16.9 Å². The minimum Gasteiger partial charge on any atom is -0.347 e. The van der Waals surface area contributed by atoms with E-state index in [1.165, 1.54) is 16.1 Å². The highest BCUT2D eigenvalue weighted by atomic mass is 32.1. The van der Waals surface area contributed by atoms with Gasteiger partial charge in [0.25, 0.3) is 0 Å². The largest absolute Gasteiger partial charge is 0.347 e. The van der Waals surface area contributed by atoms with Gasteiger partial charge in [0.2, 0.25) is 0 Å². The first-order chi connectivity index (χ1) is 9.24. The number of aryl methyl sites for hydroxylation is 1. The van der Waals surface area contributed by atoms with E-state index in [9.17, 15) is 0 Å². The maximum absolute atomic E-state index is 6.16. The average Bonchev–Trinajstić information content (AvgIpc) is 2.85. The van der Waals surface area contributed by atoms with Crippen LogP contribution in [-0.4, -0.2) is 17.0 Å². The molecule has 5 heteroatoms. The van der Waals surface area contributed by atoms with Crippen molar-refractivity contribution < 1.29 is 0 Å². The molecule has 0 saturated heterocycles. The minimum atomic E-state index is 0.185. The zero-order valence-corrected chi connectivity index (χ0v) is 11.9. The number of nitrogens with two attached hydrogens (primary N) is 1. The number of anilines is 1. The number of thiazole rings is 1. The molecule has 2 N–H and O–H groups in total. The smallest absolute Gasteiger partial charge is 0.185 e. The summed E-state index contributed by atoms with van der Waals surface area (Å²) in [4.78, 5) is 12.3. The summed E-state index contributed by atoms with van der Waals surface area (Å²) in [5, 5.41) is 1.07. The fourth-order valence-corrected chi connectivity index (χ4v) is 3.54. The lowest BCUT2D eigenvalue weighted by Gasteiger charge is -2.16. The van der Waals surface area contributed by atoms with Crippen LogP contribution in [0.25, 0.3) is 0 Å². The van der Waals surface area contributed by atoms with E-state index >= 15 is 0 Å². The van der Waals surface area contributed by atoms with Gasteiger partial charge in [0.15, 0.2) is 5.13 Å². The molecule has 1 aliphatic carbocycles. The van der Waals surface area contributed by atoms with Crippen molar-refractivity contribution in [3.8, 4) is 0 Å². The van der Waals surface area contributed by atoms with E-state index < -0.39 is 0 Å². The summed E-state index contributed by atoms with van der Waals surface area (Å²) in [6, 6.07) is 4.26. The van der Waals surface area contributed by atoms with Crippen LogP contribution in [-0.2, 0) is 13.0 Å². The van der Waals surface area contributed by atoms with E-state index in [0.717, 1.165) is 30.9 Å². The van der Waals surface area contributed by atoms with Crippen LogP contribution in [0.3, 0.4) is 0 Å². The Morgan fingerprint density at radius 1 is 1.42 bits per heavy atom. The van der Waals surface area contributed by atoms with Crippen molar-refractivity contribution in [2.45, 2.75) is 31.8 Å². The number of rotatable bonds is 3. The van der Waals surface area contributed by atoms with Crippen LogP contribution in [0.1, 0.15) is 35.0 Å². The maximum Gasteiger partial charge on any atom is 0.185 e. The Kier molecular flexibility index (Phi) is 3.48. The van der Waals surface area contributed by atoms with Gasteiger partial charge in [0.1, 0.15) is 0 Å². The molecule has 0 amide bonds. The van der Waals surface area contributed by atoms with Crippen LogP contribution < -0.4 is 10.6 Å². The van der Waals surface area contributed by atoms with Gasteiger partial charge in [-0.05, 0) is 37.0 Å². The monoisotopic (exact) mass is 274 g/mol. The van der Waals surface area contributed by atoms with Gasteiger partial charge in [-0.1, -0.05) is 11.3 Å². The quantitative estimate of drug-likeness (QED) is 0.934. The molecule has 2 aromatic heterocycles. The molecule has 0 bridgehead atoms. The third kappa shape index (κ3) is 2.62. The second-order valence-electron chi connectivity index (χ2n) is 5.02. The fourth-order valence-electron chi connectivity index (χ4n) is 2.43. The second kappa shape index (κ2) is 5.27. The summed E-state index contributed by atoms with van der Waals surface area (Å²) in [6.45, 7) is 0.851. The van der Waals surface area contributed by atoms with Crippen molar-refractivity contribution in [1.29, 1.82) is 0 Å². The third-order valence-electron chi connectivity index (χ3n) is 3.48. The number of hydrogen-bond donors (Lipinski definition) is 1. The van der Waals surface area contributed by atoms with Crippen LogP contribution in [0.4, 0.5) is 5.13 Å². The van der Waals surface area contributed by atoms with Gasteiger partial charge >= 0.3 is 0 Å². The first-order valence-corrected chi connectivity index (χ1v) is 7.41. The molecule has 3 rings (SSSR count). The van der Waals surface area contributed by atoms with Crippen LogP contribution in [0.2, 0.25) is 0 Å². The van der Waals surface area contributed by atoms with Gasteiger partial charge in [-0.25, -0.2) is 4.98 Å². The molecule has 1 aliphatic rings. The van der Waals surface area contributed by atoms with Crippen molar-refractivity contribution in [3.63, 3.8) is 0 Å². The summed E-state index contributed by atoms with van der Waals surface area (Å²) in [6.07, 6.45) is 6.97. The highest BCUT2D eigenvalue weighted by molar-refractivity contribution is 7.15. The van der Waals surface area contributed by atoms with Gasteiger partial charge in [0, 0.05) is 36.9 Å². The van der Waals surface area contributed by atoms with Crippen LogP contribution >= 0.6 is 11.3 Å². The Bertz CT molecular complexity index is 552. The summed E-state index contributed by atoms with van der Waals surface area (Å²) >= 11 is 1.74. The lowest BCUT2D eigenvalue weighted by molar-refractivity contribution is 0.573. The van der Waals surface area contributed by atoms with Crippen molar-refractivity contribution in [2.75, 3.05) is 11.9 Å². The summed E-state index contributed by atoms with van der Waals surface area (Å²) in [5.41, 5.74) is 8.61. The number of fused-ring (bicyclic) bond motifs is 1. The minimum absolute atomic E-state index is 0.185. The maximum atomic E-state index is 6.16. The Labute approximate surface area is 117 Å². The van der Waals surface area contributed by atoms with Gasteiger partial charge in [-0.3, -0.25) is 4.98 Å². The first kappa shape index (κ1) is 12.6. The molecule has 2 aromatic rings. The molecule has 0 aliphatic heterocycles. The summed E-state index contributed by atoms with van der Waals surface area (Å²) in [7, 11) is 2.08. The number of hydrogen-bond acceptors (Lipinski definition) is 5. The van der Waals surface area contributed by atoms with Gasteiger partial charge in [-0.15, -0.1) is 0 Å². The average molecular weight is 274 g/mol. The predicted molar refractivity (Wildman–Crippen MR) is 78.3 cm³/mol. The predicted octanol–water partition coefficient (Wildman–Crippen LogP) is 2.51. The molecule has 0 aromatic carbocycles. The summed E-state index contributed by atoms with van der Waals surface area (Å²) in [5.74, 6) is 0. The first-order valence-electron chi connectivity index (χ1n) is 6.59. The Morgan fingerprint density at radius 3 is 2.95 bits per heavy atom. The van der Waals surface area contributed by atoms with E-state index in [-0.39, 0.29) is 6.04 Å². The van der Waals surface area contributed by atoms with Gasteiger partial charge in [-0.2, -0.15) is 0 Å². The molecule has 0 fully saturated rings. The van der Waals surface area contributed by atoms with Crippen LogP contribution in [0.5, 0.6) is 0 Å². The second-order valence-corrected chi connectivity index (χ2v) is 6.03. The number of pyridine rings is 1. The molecule has 4 nitrogen and oxygen atoms in total. The Morgan fingerprint density at radius 2 is 2.21 bits per heavy atom. The molecule has 0 spiro atoms. The van der Waals surface area contributed by atoms with Crippen molar-refractivity contribution >= 4 is 16.5 Å². The fraction of sp³-hybridized carbons (Fsp3) is 0.429. The van der Waals surface area contributed by atoms with Crippen LogP contribution in [0, 0.1) is 0 Å². The van der Waals surface area contributed by atoms with Crippen molar-refractivity contribution in [1.82, 2.24) is 9.97 Å². The topological polar surface area (TPSA) is 55.0 Å². The molecule has 2 heterocycles. The number of nitrogens with zero attached hydrogens (tertiary/aromatic N) is 3. The van der Waals surface area contributed by atoms with Crippen LogP contribution in [0.15, 0.2) is 24.5 Å². The highest BCUT2D eigenvalue weighted by Crippen LogP contribution is 2.36. The van der Waals surface area contributed by atoms with E-state index in [1.807, 2.05) is 24.5 Å². The molecule has 1 atom stereocenters. The molecule has 100 valence electrons. The van der Waals surface area contributed by atoms with Crippen molar-refractivity contribution in [3.05, 3.63) is 40.7 Å². The molecular weight excluding hydrogens is 256 g/mol. The SMILES string of the molecule is CN(Cc1ccncc1)c1nc2c(s1)C(N)CCC2. The van der Waals surface area contributed by atoms with Gasteiger partial charge in [0.05, 0.1) is 5.69 Å². The van der Waals surface area contributed by atoms with E-state index in [4.69, 9.17) is 10.7 Å². The van der Waals surface area contributed by atoms with Crippen molar-refractivity contribution in [2.24, 2.45) is 5.73 Å². The lowest BCUT2D eigenvalue weighted by atomic mass is 9.99. The standard InChI is InChI=1S/C14H18N4S/c1-18(9-10-5-7-16-8-6-10)14-17-12-4-2-3-11(15)13(12)19-14/h5-8,11H,2-4,9,15H2,1H3. The molecule has 0 saturated carbocycles. The molecule has 1 unspecified atom stereocenters. The molecule has 0 radical (unpaired) electrons. The van der Waals surface area contributed by atoms with E-state index in [0.29, 0.717) is 0 Å². The van der Waals surface area contributed by atoms with E-state index in [1.54, 1.807) is 11.3 Å². The third-order valence-corrected chi connectivity index (χ3v) is 4.82. The van der Waals surface area contributed by atoms with Gasteiger partial charge < -0.3 is 10.6 Å². The zero-order valence-electron chi connectivity index (χ0n) is 11.0. The zero-order chi connectivity index (χ0) is 13.2. The summed E-state index contributed by atoms with van der Waals surface area (Å²) < 4.78 is 0. The lowest BCUT2D eigenvalue weighted by Crippen LogP contribution is -2.16. The Hall–Kier alpha value is -1.46. The number of aromatic nitrogens is 2. The normalized spacial score (nSPS) is 18.1. The Balaban J connectivity index is 1.79. The molecular formula is C14H18N4S. The highest BCUT2D eigenvalue weighted by Gasteiger charge is 2.22.